The van der Waals surface area contributed by atoms with E-state index in [-0.39, 0.29) is 6.04 Å². The summed E-state index contributed by atoms with van der Waals surface area (Å²) >= 11 is 0. The van der Waals surface area contributed by atoms with Crippen LogP contribution in [0.15, 0.2) is 18.2 Å². The Bertz CT molecular complexity index is 400. The fourth-order valence-corrected chi connectivity index (χ4v) is 1.98. The van der Waals surface area contributed by atoms with Gasteiger partial charge in [0, 0.05) is 11.6 Å². The first kappa shape index (κ1) is 12.0. The molecule has 3 nitrogen and oxygen atoms in total. The third-order valence-electron chi connectivity index (χ3n) is 2.69. The van der Waals surface area contributed by atoms with Crippen molar-refractivity contribution in [1.82, 2.24) is 5.32 Å². The van der Waals surface area contributed by atoms with Crippen LogP contribution in [0.3, 0.4) is 0 Å². The lowest BCUT2D eigenvalue weighted by Gasteiger charge is -2.16. The minimum absolute atomic E-state index is 0.105. The zero-order valence-electron chi connectivity index (χ0n) is 8.92. The largest absolute Gasteiger partial charge is 0.573 e. The number of rotatable bonds is 2. The maximum absolute atomic E-state index is 12.1. The van der Waals surface area contributed by atoms with E-state index in [1.165, 1.54) is 6.07 Å². The second-order valence-corrected chi connectivity index (χ2v) is 3.89. The van der Waals surface area contributed by atoms with Gasteiger partial charge in [0.2, 0.25) is 0 Å². The van der Waals surface area contributed by atoms with Crippen molar-refractivity contribution in [3.63, 3.8) is 0 Å². The molecular formula is C11H12F3NO2. The van der Waals surface area contributed by atoms with Gasteiger partial charge in [0.1, 0.15) is 0 Å². The summed E-state index contributed by atoms with van der Waals surface area (Å²) in [6.07, 6.45) is -3.06. The highest BCUT2D eigenvalue weighted by atomic mass is 19.4. The van der Waals surface area contributed by atoms with E-state index in [9.17, 15) is 18.3 Å². The van der Waals surface area contributed by atoms with Gasteiger partial charge in [-0.05, 0) is 25.5 Å². The molecule has 1 atom stereocenters. The number of alkyl halides is 3. The summed E-state index contributed by atoms with van der Waals surface area (Å²) in [5, 5.41) is 12.9. The first-order valence-electron chi connectivity index (χ1n) is 5.28. The van der Waals surface area contributed by atoms with Crippen molar-refractivity contribution in [2.75, 3.05) is 6.54 Å². The highest BCUT2D eigenvalue weighted by Crippen LogP contribution is 2.38. The van der Waals surface area contributed by atoms with Gasteiger partial charge in [-0.25, -0.2) is 0 Å². The molecule has 1 aliphatic heterocycles. The number of halogens is 3. The molecule has 17 heavy (non-hydrogen) atoms. The van der Waals surface area contributed by atoms with Crippen LogP contribution in [0.4, 0.5) is 13.2 Å². The van der Waals surface area contributed by atoms with Crippen LogP contribution in [-0.4, -0.2) is 18.0 Å². The summed E-state index contributed by atoms with van der Waals surface area (Å²) in [5.74, 6) is -0.993. The molecule has 0 amide bonds. The van der Waals surface area contributed by atoms with Crippen molar-refractivity contribution in [2.24, 2.45) is 0 Å². The number of benzene rings is 1. The fourth-order valence-electron chi connectivity index (χ4n) is 1.98. The number of aromatic hydroxyl groups is 1. The highest BCUT2D eigenvalue weighted by Gasteiger charge is 2.33. The third kappa shape index (κ3) is 2.82. The minimum Gasteiger partial charge on any atom is -0.504 e. The summed E-state index contributed by atoms with van der Waals surface area (Å²) in [4.78, 5) is 0. The monoisotopic (exact) mass is 247 g/mol. The Morgan fingerprint density at radius 1 is 1.35 bits per heavy atom. The van der Waals surface area contributed by atoms with Crippen molar-refractivity contribution in [3.8, 4) is 11.5 Å². The SMILES string of the molecule is Oc1c(OC(F)(F)F)cccc1[C@H]1CCCN1. The van der Waals surface area contributed by atoms with E-state index in [0.29, 0.717) is 5.56 Å². The Balaban J connectivity index is 2.26. The van der Waals surface area contributed by atoms with E-state index >= 15 is 0 Å². The zero-order valence-corrected chi connectivity index (χ0v) is 8.92. The molecule has 94 valence electrons. The molecule has 1 aromatic rings. The van der Waals surface area contributed by atoms with E-state index < -0.39 is 17.9 Å². The van der Waals surface area contributed by atoms with Crippen molar-refractivity contribution in [1.29, 1.82) is 0 Å². The van der Waals surface area contributed by atoms with Gasteiger partial charge in [-0.3, -0.25) is 0 Å². The normalized spacial score (nSPS) is 20.5. The van der Waals surface area contributed by atoms with Crippen LogP contribution in [0.25, 0.3) is 0 Å². The summed E-state index contributed by atoms with van der Waals surface area (Å²) in [6, 6.07) is 4.03. The lowest BCUT2D eigenvalue weighted by Crippen LogP contribution is -2.18. The molecule has 0 saturated carbocycles. The quantitative estimate of drug-likeness (QED) is 0.844. The second kappa shape index (κ2) is 4.44. The smallest absolute Gasteiger partial charge is 0.504 e. The number of nitrogens with one attached hydrogen (secondary N) is 1. The van der Waals surface area contributed by atoms with E-state index in [1.54, 1.807) is 6.07 Å². The van der Waals surface area contributed by atoms with E-state index in [4.69, 9.17) is 0 Å². The van der Waals surface area contributed by atoms with Crippen molar-refractivity contribution < 1.29 is 23.0 Å². The topological polar surface area (TPSA) is 41.5 Å². The number of para-hydroxylation sites is 1. The molecular weight excluding hydrogens is 235 g/mol. The third-order valence-corrected chi connectivity index (χ3v) is 2.69. The maximum Gasteiger partial charge on any atom is 0.573 e. The van der Waals surface area contributed by atoms with Gasteiger partial charge in [-0.1, -0.05) is 12.1 Å². The molecule has 1 fully saturated rings. The predicted molar refractivity (Wildman–Crippen MR) is 54.8 cm³/mol. The summed E-state index contributed by atoms with van der Waals surface area (Å²) in [7, 11) is 0. The van der Waals surface area contributed by atoms with Crippen LogP contribution < -0.4 is 10.1 Å². The van der Waals surface area contributed by atoms with Crippen molar-refractivity contribution in [2.45, 2.75) is 25.2 Å². The number of ether oxygens (including phenoxy) is 1. The summed E-state index contributed by atoms with van der Waals surface area (Å²) in [5.41, 5.74) is 0.448. The van der Waals surface area contributed by atoms with Crippen LogP contribution >= 0.6 is 0 Å². The van der Waals surface area contributed by atoms with Crippen LogP contribution in [0.1, 0.15) is 24.4 Å². The average molecular weight is 247 g/mol. The van der Waals surface area contributed by atoms with Gasteiger partial charge < -0.3 is 15.2 Å². The number of hydrogen-bond donors (Lipinski definition) is 2. The van der Waals surface area contributed by atoms with Crippen LogP contribution in [0.5, 0.6) is 11.5 Å². The average Bonchev–Trinajstić information content (AvgIpc) is 2.72. The molecule has 1 saturated heterocycles. The van der Waals surface area contributed by atoms with Gasteiger partial charge >= 0.3 is 6.36 Å². The van der Waals surface area contributed by atoms with E-state index in [2.05, 4.69) is 10.1 Å². The lowest BCUT2D eigenvalue weighted by atomic mass is 10.0. The molecule has 2 rings (SSSR count). The highest BCUT2D eigenvalue weighted by molar-refractivity contribution is 5.47. The first-order valence-corrected chi connectivity index (χ1v) is 5.28. The van der Waals surface area contributed by atoms with Crippen LogP contribution in [-0.2, 0) is 0 Å². The fraction of sp³-hybridized carbons (Fsp3) is 0.455. The molecule has 6 heteroatoms. The van der Waals surface area contributed by atoms with Gasteiger partial charge in [0.05, 0.1) is 0 Å². The Labute approximate surface area is 96.2 Å². The second-order valence-electron chi connectivity index (χ2n) is 3.89. The molecule has 0 aromatic heterocycles. The Morgan fingerprint density at radius 3 is 2.71 bits per heavy atom. The molecule has 0 aliphatic carbocycles. The summed E-state index contributed by atoms with van der Waals surface area (Å²) < 4.78 is 40.0. The Morgan fingerprint density at radius 2 is 2.12 bits per heavy atom. The van der Waals surface area contributed by atoms with Gasteiger partial charge in [-0.2, -0.15) is 0 Å². The number of phenols is 1. The van der Waals surface area contributed by atoms with Crippen LogP contribution in [0.2, 0.25) is 0 Å². The Hall–Kier alpha value is -1.43. The van der Waals surface area contributed by atoms with E-state index in [0.717, 1.165) is 25.5 Å². The molecule has 0 spiro atoms. The molecule has 1 heterocycles. The molecule has 0 bridgehead atoms. The van der Waals surface area contributed by atoms with Gasteiger partial charge in [0.15, 0.2) is 11.5 Å². The molecule has 2 N–H and O–H groups in total. The number of hydrogen-bond acceptors (Lipinski definition) is 3. The van der Waals surface area contributed by atoms with Crippen molar-refractivity contribution >= 4 is 0 Å². The molecule has 0 unspecified atom stereocenters. The Kier molecular flexibility index (Phi) is 3.15. The zero-order chi connectivity index (χ0) is 12.5. The standard InChI is InChI=1S/C11H12F3NO2/c12-11(13,14)17-9-5-1-3-7(10(9)16)8-4-2-6-15-8/h1,3,5,8,15-16H,2,4,6H2/t8-/m1/s1. The minimum atomic E-state index is -4.79. The molecule has 0 radical (unpaired) electrons. The van der Waals surface area contributed by atoms with E-state index in [1.807, 2.05) is 0 Å². The molecule has 1 aliphatic rings. The summed E-state index contributed by atoms with van der Waals surface area (Å²) in [6.45, 7) is 0.800. The first-order chi connectivity index (χ1) is 7.97. The maximum atomic E-state index is 12.1. The molecule has 1 aromatic carbocycles. The van der Waals surface area contributed by atoms with Gasteiger partial charge in [0.25, 0.3) is 0 Å². The van der Waals surface area contributed by atoms with Crippen LogP contribution in [0, 0.1) is 0 Å². The van der Waals surface area contributed by atoms with Gasteiger partial charge in [-0.15, -0.1) is 13.2 Å². The van der Waals surface area contributed by atoms with Crippen molar-refractivity contribution in [3.05, 3.63) is 23.8 Å². The predicted octanol–water partition coefficient (Wildman–Crippen LogP) is 2.72. The number of phenolic OH excluding ortho intramolecular Hbond substituents is 1. The lowest BCUT2D eigenvalue weighted by molar-refractivity contribution is -0.275.